The summed E-state index contributed by atoms with van der Waals surface area (Å²) in [4.78, 5) is 16.3. The van der Waals surface area contributed by atoms with Gasteiger partial charge in [-0.05, 0) is 24.6 Å². The first-order valence-electron chi connectivity index (χ1n) is 4.05. The minimum Gasteiger partial charge on any atom is -0.306 e. The number of benzene rings is 1. The van der Waals surface area contributed by atoms with E-state index in [4.69, 9.17) is 0 Å². The molecule has 66 valence electrons. The van der Waals surface area contributed by atoms with Gasteiger partial charge in [0.1, 0.15) is 0 Å². The summed E-state index contributed by atoms with van der Waals surface area (Å²) in [5, 5.41) is 0. The van der Waals surface area contributed by atoms with Gasteiger partial charge in [-0.25, -0.2) is 4.79 Å². The molecule has 2 rings (SSSR count). The maximum Gasteiger partial charge on any atom is 0.323 e. The number of fused-ring (bicyclic) bond motifs is 1. The molecule has 1 aromatic heterocycles. The molecule has 3 heteroatoms. The normalized spacial score (nSPS) is 10.5. The van der Waals surface area contributed by atoms with Crippen molar-refractivity contribution in [3.8, 4) is 0 Å². The first-order chi connectivity index (χ1) is 6.16. The molecule has 0 radical (unpaired) electrons. The van der Waals surface area contributed by atoms with Crippen molar-refractivity contribution in [3.63, 3.8) is 0 Å². The van der Waals surface area contributed by atoms with E-state index in [1.807, 2.05) is 25.1 Å². The van der Waals surface area contributed by atoms with Crippen LogP contribution in [-0.4, -0.2) is 9.97 Å². The predicted octanol–water partition coefficient (Wildman–Crippen LogP) is 1.89. The van der Waals surface area contributed by atoms with E-state index in [2.05, 4.69) is 16.5 Å². The zero-order valence-corrected chi connectivity index (χ0v) is 7.35. The summed E-state index contributed by atoms with van der Waals surface area (Å²) in [6.45, 7) is 5.77. The number of allylic oxidation sites excluding steroid dienone is 1. The van der Waals surface area contributed by atoms with Crippen molar-refractivity contribution in [3.05, 3.63) is 40.8 Å². The standard InChI is InChI=1S/C10H10N2O/c1-6(2)7-3-4-8-9(5-7)12-10(13)11-8/h3-5H,1H2,2H3,(H2,11,12,13). The van der Waals surface area contributed by atoms with E-state index >= 15 is 0 Å². The molecule has 0 saturated carbocycles. The molecule has 13 heavy (non-hydrogen) atoms. The van der Waals surface area contributed by atoms with Crippen LogP contribution in [0.5, 0.6) is 0 Å². The molecule has 2 N–H and O–H groups in total. The highest BCUT2D eigenvalue weighted by atomic mass is 16.1. The van der Waals surface area contributed by atoms with Crippen molar-refractivity contribution >= 4 is 16.6 Å². The quantitative estimate of drug-likeness (QED) is 0.681. The second kappa shape index (κ2) is 2.62. The molecule has 0 aliphatic carbocycles. The van der Waals surface area contributed by atoms with Crippen LogP contribution >= 0.6 is 0 Å². The van der Waals surface area contributed by atoms with Gasteiger partial charge >= 0.3 is 5.69 Å². The Morgan fingerprint density at radius 2 is 2.00 bits per heavy atom. The fraction of sp³-hybridized carbons (Fsp3) is 0.100. The van der Waals surface area contributed by atoms with Crippen molar-refractivity contribution in [2.45, 2.75) is 6.92 Å². The van der Waals surface area contributed by atoms with E-state index in [-0.39, 0.29) is 5.69 Å². The third-order valence-corrected chi connectivity index (χ3v) is 2.01. The van der Waals surface area contributed by atoms with Gasteiger partial charge < -0.3 is 9.97 Å². The summed E-state index contributed by atoms with van der Waals surface area (Å²) in [5.41, 5.74) is 3.51. The Morgan fingerprint density at radius 3 is 2.69 bits per heavy atom. The lowest BCUT2D eigenvalue weighted by atomic mass is 10.1. The maximum absolute atomic E-state index is 10.9. The molecule has 2 aromatic rings. The molecule has 1 heterocycles. The molecule has 3 nitrogen and oxygen atoms in total. The van der Waals surface area contributed by atoms with E-state index in [9.17, 15) is 4.79 Å². The lowest BCUT2D eigenvalue weighted by Gasteiger charge is -1.97. The average Bonchev–Trinajstić information content (AvgIpc) is 2.42. The SMILES string of the molecule is C=C(C)c1ccc2[nH]c(=O)[nH]c2c1. The summed E-state index contributed by atoms with van der Waals surface area (Å²) in [6.07, 6.45) is 0. The van der Waals surface area contributed by atoms with E-state index < -0.39 is 0 Å². The van der Waals surface area contributed by atoms with E-state index in [1.165, 1.54) is 0 Å². The van der Waals surface area contributed by atoms with Gasteiger partial charge in [0.25, 0.3) is 0 Å². The minimum absolute atomic E-state index is 0.172. The van der Waals surface area contributed by atoms with Crippen LogP contribution in [0, 0.1) is 0 Å². The van der Waals surface area contributed by atoms with Gasteiger partial charge in [-0.1, -0.05) is 18.2 Å². The topological polar surface area (TPSA) is 48.6 Å². The van der Waals surface area contributed by atoms with Crippen LogP contribution in [0.1, 0.15) is 12.5 Å². The Labute approximate surface area is 75.1 Å². The van der Waals surface area contributed by atoms with Crippen molar-refractivity contribution < 1.29 is 0 Å². The maximum atomic E-state index is 10.9. The molecular formula is C10H10N2O. The lowest BCUT2D eigenvalue weighted by Crippen LogP contribution is -1.99. The molecule has 0 atom stereocenters. The molecule has 0 bridgehead atoms. The molecule has 1 aromatic carbocycles. The Balaban J connectivity index is 2.74. The Kier molecular flexibility index (Phi) is 1.59. The minimum atomic E-state index is -0.172. The fourth-order valence-electron chi connectivity index (χ4n) is 1.30. The van der Waals surface area contributed by atoms with Crippen LogP contribution in [0.25, 0.3) is 16.6 Å². The molecule has 0 amide bonds. The van der Waals surface area contributed by atoms with Gasteiger partial charge in [0, 0.05) is 0 Å². The molecular weight excluding hydrogens is 164 g/mol. The van der Waals surface area contributed by atoms with Crippen LogP contribution < -0.4 is 5.69 Å². The number of rotatable bonds is 1. The number of hydrogen-bond donors (Lipinski definition) is 2. The number of hydrogen-bond acceptors (Lipinski definition) is 1. The number of aromatic nitrogens is 2. The van der Waals surface area contributed by atoms with Crippen molar-refractivity contribution in [1.82, 2.24) is 9.97 Å². The summed E-state index contributed by atoms with van der Waals surface area (Å²) in [7, 11) is 0. The van der Waals surface area contributed by atoms with Crippen LogP contribution in [0.2, 0.25) is 0 Å². The Bertz CT molecular complexity index is 519. The van der Waals surface area contributed by atoms with Crippen LogP contribution in [0.15, 0.2) is 29.6 Å². The van der Waals surface area contributed by atoms with E-state index in [0.717, 1.165) is 22.2 Å². The third kappa shape index (κ3) is 1.28. The van der Waals surface area contributed by atoms with Gasteiger partial charge in [0.2, 0.25) is 0 Å². The zero-order valence-electron chi connectivity index (χ0n) is 7.35. The molecule has 0 aliphatic rings. The van der Waals surface area contributed by atoms with Crippen LogP contribution in [0.3, 0.4) is 0 Å². The molecule has 0 unspecified atom stereocenters. The summed E-state index contributed by atoms with van der Waals surface area (Å²) < 4.78 is 0. The second-order valence-corrected chi connectivity index (χ2v) is 3.12. The smallest absolute Gasteiger partial charge is 0.306 e. The monoisotopic (exact) mass is 174 g/mol. The number of nitrogens with one attached hydrogen (secondary N) is 2. The second-order valence-electron chi connectivity index (χ2n) is 3.12. The highest BCUT2D eigenvalue weighted by molar-refractivity contribution is 5.79. The Hall–Kier alpha value is -1.77. The predicted molar refractivity (Wildman–Crippen MR) is 53.6 cm³/mol. The highest BCUT2D eigenvalue weighted by Crippen LogP contribution is 2.15. The fourth-order valence-corrected chi connectivity index (χ4v) is 1.30. The molecule has 0 saturated heterocycles. The largest absolute Gasteiger partial charge is 0.323 e. The highest BCUT2D eigenvalue weighted by Gasteiger charge is 1.99. The first kappa shape index (κ1) is 7.86. The summed E-state index contributed by atoms with van der Waals surface area (Å²) in [6, 6.07) is 5.72. The van der Waals surface area contributed by atoms with E-state index in [0.29, 0.717) is 0 Å². The van der Waals surface area contributed by atoms with Gasteiger partial charge in [0.15, 0.2) is 0 Å². The van der Waals surface area contributed by atoms with Gasteiger partial charge in [0.05, 0.1) is 11.0 Å². The summed E-state index contributed by atoms with van der Waals surface area (Å²) in [5.74, 6) is 0. The molecule has 0 spiro atoms. The van der Waals surface area contributed by atoms with Gasteiger partial charge in [-0.2, -0.15) is 0 Å². The number of H-pyrrole nitrogens is 2. The van der Waals surface area contributed by atoms with E-state index in [1.54, 1.807) is 0 Å². The zero-order chi connectivity index (χ0) is 9.42. The van der Waals surface area contributed by atoms with Crippen LogP contribution in [0.4, 0.5) is 0 Å². The molecule has 0 aliphatic heterocycles. The van der Waals surface area contributed by atoms with Gasteiger partial charge in [-0.3, -0.25) is 0 Å². The van der Waals surface area contributed by atoms with Gasteiger partial charge in [-0.15, -0.1) is 0 Å². The number of imidazole rings is 1. The first-order valence-corrected chi connectivity index (χ1v) is 4.05. The lowest BCUT2D eigenvalue weighted by molar-refractivity contribution is 1.21. The Morgan fingerprint density at radius 1 is 1.31 bits per heavy atom. The van der Waals surface area contributed by atoms with Crippen molar-refractivity contribution in [2.75, 3.05) is 0 Å². The van der Waals surface area contributed by atoms with Crippen molar-refractivity contribution in [1.29, 1.82) is 0 Å². The number of aromatic amines is 2. The molecule has 0 fully saturated rings. The summed E-state index contributed by atoms with van der Waals surface area (Å²) >= 11 is 0. The third-order valence-electron chi connectivity index (χ3n) is 2.01. The van der Waals surface area contributed by atoms with Crippen molar-refractivity contribution in [2.24, 2.45) is 0 Å². The average molecular weight is 174 g/mol. The van der Waals surface area contributed by atoms with Crippen LogP contribution in [-0.2, 0) is 0 Å².